The van der Waals surface area contributed by atoms with Crippen molar-refractivity contribution in [1.29, 1.82) is 0 Å². The fourth-order valence-corrected chi connectivity index (χ4v) is 2.53. The molecule has 2 heterocycles. The Morgan fingerprint density at radius 3 is 2.71 bits per heavy atom. The number of hydrogen-bond donors (Lipinski definition) is 1. The maximum absolute atomic E-state index is 6.10. The highest BCUT2D eigenvalue weighted by Gasteiger charge is 2.39. The first kappa shape index (κ1) is 8.30. The van der Waals surface area contributed by atoms with Crippen LogP contribution in [0.2, 0.25) is 0 Å². The van der Waals surface area contributed by atoms with Gasteiger partial charge >= 0.3 is 0 Å². The van der Waals surface area contributed by atoms with Crippen LogP contribution in [0.25, 0.3) is 0 Å². The largest absolute Gasteiger partial charge is 0.487 e. The molecule has 0 saturated carbocycles. The van der Waals surface area contributed by atoms with Gasteiger partial charge in [0.25, 0.3) is 0 Å². The van der Waals surface area contributed by atoms with Gasteiger partial charge in [0, 0.05) is 6.42 Å². The zero-order chi connectivity index (χ0) is 9.43. The number of piperidine rings is 1. The predicted molar refractivity (Wildman–Crippen MR) is 55.6 cm³/mol. The van der Waals surface area contributed by atoms with Gasteiger partial charge in [-0.15, -0.1) is 0 Å². The second kappa shape index (κ2) is 2.99. The van der Waals surface area contributed by atoms with Crippen LogP contribution in [-0.2, 0) is 6.42 Å². The van der Waals surface area contributed by atoms with Gasteiger partial charge in [0.1, 0.15) is 11.4 Å². The summed E-state index contributed by atoms with van der Waals surface area (Å²) in [5.74, 6) is 1.11. The molecule has 0 aliphatic carbocycles. The number of ether oxygens (including phenoxy) is 1. The Hall–Kier alpha value is -1.02. The number of fused-ring (bicyclic) bond motifs is 1. The molecule has 1 aromatic rings. The minimum atomic E-state index is 0.120. The Labute approximate surface area is 84.3 Å². The van der Waals surface area contributed by atoms with Crippen LogP contribution in [0.4, 0.5) is 0 Å². The van der Waals surface area contributed by atoms with Crippen molar-refractivity contribution >= 4 is 0 Å². The van der Waals surface area contributed by atoms with Crippen LogP contribution in [0.1, 0.15) is 18.4 Å². The van der Waals surface area contributed by atoms with Crippen molar-refractivity contribution in [2.45, 2.75) is 24.9 Å². The number of hydrogen-bond acceptors (Lipinski definition) is 2. The van der Waals surface area contributed by atoms with Crippen LogP contribution in [0.15, 0.2) is 24.3 Å². The van der Waals surface area contributed by atoms with Crippen molar-refractivity contribution in [2.75, 3.05) is 13.1 Å². The van der Waals surface area contributed by atoms with Gasteiger partial charge in [-0.2, -0.15) is 0 Å². The molecule has 1 aromatic carbocycles. The van der Waals surface area contributed by atoms with Gasteiger partial charge in [0.05, 0.1) is 0 Å². The van der Waals surface area contributed by atoms with Crippen LogP contribution >= 0.6 is 0 Å². The summed E-state index contributed by atoms with van der Waals surface area (Å²) in [7, 11) is 0. The fraction of sp³-hybridized carbons (Fsp3) is 0.500. The quantitative estimate of drug-likeness (QED) is 0.671. The molecule has 0 unspecified atom stereocenters. The van der Waals surface area contributed by atoms with E-state index in [4.69, 9.17) is 4.74 Å². The summed E-state index contributed by atoms with van der Waals surface area (Å²) < 4.78 is 6.10. The predicted octanol–water partition coefficient (Wildman–Crippen LogP) is 1.74. The summed E-state index contributed by atoms with van der Waals surface area (Å²) in [6.45, 7) is 2.18. The third kappa shape index (κ3) is 1.22. The van der Waals surface area contributed by atoms with Crippen molar-refractivity contribution in [1.82, 2.24) is 5.32 Å². The normalized spacial score (nSPS) is 23.1. The van der Waals surface area contributed by atoms with Crippen LogP contribution in [0.3, 0.4) is 0 Å². The van der Waals surface area contributed by atoms with E-state index in [9.17, 15) is 0 Å². The minimum absolute atomic E-state index is 0.120. The lowest BCUT2D eigenvalue weighted by Gasteiger charge is -2.33. The van der Waals surface area contributed by atoms with Crippen LogP contribution in [0, 0.1) is 0 Å². The maximum Gasteiger partial charge on any atom is 0.123 e. The molecule has 0 amide bonds. The van der Waals surface area contributed by atoms with E-state index in [0.29, 0.717) is 0 Å². The molecule has 2 heteroatoms. The van der Waals surface area contributed by atoms with E-state index in [1.807, 2.05) is 0 Å². The van der Waals surface area contributed by atoms with E-state index in [-0.39, 0.29) is 5.60 Å². The second-order valence-corrected chi connectivity index (χ2v) is 4.32. The Balaban J connectivity index is 1.89. The summed E-state index contributed by atoms with van der Waals surface area (Å²) in [5, 5.41) is 3.38. The highest BCUT2D eigenvalue weighted by molar-refractivity contribution is 5.39. The van der Waals surface area contributed by atoms with Gasteiger partial charge in [-0.05, 0) is 37.6 Å². The molecule has 0 aromatic heterocycles. The molecule has 1 N–H and O–H groups in total. The van der Waals surface area contributed by atoms with E-state index in [1.165, 1.54) is 5.56 Å². The third-order valence-electron chi connectivity index (χ3n) is 3.33. The molecule has 14 heavy (non-hydrogen) atoms. The summed E-state index contributed by atoms with van der Waals surface area (Å²) in [5.41, 5.74) is 1.50. The lowest BCUT2D eigenvalue weighted by atomic mass is 9.88. The zero-order valence-corrected chi connectivity index (χ0v) is 8.25. The Kier molecular flexibility index (Phi) is 1.77. The topological polar surface area (TPSA) is 21.3 Å². The molecule has 3 rings (SSSR count). The lowest BCUT2D eigenvalue weighted by molar-refractivity contribution is 0.0600. The van der Waals surface area contributed by atoms with Crippen molar-refractivity contribution in [3.63, 3.8) is 0 Å². The molecule has 2 aliphatic rings. The summed E-state index contributed by atoms with van der Waals surface area (Å²) in [6, 6.07) is 8.43. The molecule has 0 atom stereocenters. The summed E-state index contributed by atoms with van der Waals surface area (Å²) in [4.78, 5) is 0. The van der Waals surface area contributed by atoms with Crippen molar-refractivity contribution in [3.05, 3.63) is 29.8 Å². The van der Waals surface area contributed by atoms with E-state index in [2.05, 4.69) is 29.6 Å². The molecule has 2 nitrogen and oxygen atoms in total. The van der Waals surface area contributed by atoms with Gasteiger partial charge in [-0.1, -0.05) is 18.2 Å². The van der Waals surface area contributed by atoms with Crippen molar-refractivity contribution in [2.24, 2.45) is 0 Å². The molecule has 1 fully saturated rings. The standard InChI is InChI=1S/C12H15NO/c1-2-4-11-10(3-1)9-12(14-11)5-7-13-8-6-12/h1-4,13H,5-9H2. The Bertz CT molecular complexity index is 315. The van der Waals surface area contributed by atoms with Crippen LogP contribution < -0.4 is 10.1 Å². The Morgan fingerprint density at radius 1 is 1.14 bits per heavy atom. The van der Waals surface area contributed by atoms with Gasteiger partial charge < -0.3 is 10.1 Å². The third-order valence-corrected chi connectivity index (χ3v) is 3.33. The number of para-hydroxylation sites is 1. The maximum atomic E-state index is 6.10. The number of benzene rings is 1. The Morgan fingerprint density at radius 2 is 1.93 bits per heavy atom. The average molecular weight is 189 g/mol. The van der Waals surface area contributed by atoms with Gasteiger partial charge in [-0.25, -0.2) is 0 Å². The van der Waals surface area contributed by atoms with Gasteiger partial charge in [-0.3, -0.25) is 0 Å². The first-order chi connectivity index (χ1) is 6.88. The highest BCUT2D eigenvalue weighted by Crippen LogP contribution is 2.39. The van der Waals surface area contributed by atoms with Gasteiger partial charge in [0.2, 0.25) is 0 Å². The van der Waals surface area contributed by atoms with Crippen molar-refractivity contribution < 1.29 is 4.74 Å². The summed E-state index contributed by atoms with van der Waals surface area (Å²) >= 11 is 0. The van der Waals surface area contributed by atoms with Crippen LogP contribution in [-0.4, -0.2) is 18.7 Å². The summed E-state index contributed by atoms with van der Waals surface area (Å²) in [6.07, 6.45) is 3.38. The monoisotopic (exact) mass is 189 g/mol. The molecule has 1 saturated heterocycles. The fourth-order valence-electron chi connectivity index (χ4n) is 2.53. The van der Waals surface area contributed by atoms with Crippen LogP contribution in [0.5, 0.6) is 5.75 Å². The molecule has 74 valence electrons. The molecular formula is C12H15NO. The molecule has 0 radical (unpaired) electrons. The highest BCUT2D eigenvalue weighted by atomic mass is 16.5. The number of rotatable bonds is 0. The second-order valence-electron chi connectivity index (χ2n) is 4.32. The lowest BCUT2D eigenvalue weighted by Crippen LogP contribution is -2.45. The first-order valence-corrected chi connectivity index (χ1v) is 5.36. The minimum Gasteiger partial charge on any atom is -0.487 e. The van der Waals surface area contributed by atoms with E-state index < -0.39 is 0 Å². The zero-order valence-electron chi connectivity index (χ0n) is 8.25. The van der Waals surface area contributed by atoms with Crippen molar-refractivity contribution in [3.8, 4) is 5.75 Å². The molecule has 2 aliphatic heterocycles. The molecule has 0 bridgehead atoms. The first-order valence-electron chi connectivity index (χ1n) is 5.36. The molecule has 1 spiro atoms. The van der Waals surface area contributed by atoms with Gasteiger partial charge in [0.15, 0.2) is 0 Å². The molecular weight excluding hydrogens is 174 g/mol. The SMILES string of the molecule is c1ccc2c(c1)CC1(CCNCC1)O2. The number of nitrogens with one attached hydrogen (secondary N) is 1. The van der Waals surface area contributed by atoms with E-state index in [1.54, 1.807) is 0 Å². The smallest absolute Gasteiger partial charge is 0.123 e. The van der Waals surface area contributed by atoms with E-state index >= 15 is 0 Å². The van der Waals surface area contributed by atoms with E-state index in [0.717, 1.165) is 38.1 Å². The average Bonchev–Trinajstić information content (AvgIpc) is 2.56.